The summed E-state index contributed by atoms with van der Waals surface area (Å²) in [7, 11) is 4.37. The number of hydrogen-bond donors (Lipinski definition) is 2. The van der Waals surface area contributed by atoms with Crippen LogP contribution in [0, 0.1) is 0 Å². The molecule has 1 amide bonds. The minimum Gasteiger partial charge on any atom is -0.356 e. The lowest BCUT2D eigenvalue weighted by Crippen LogP contribution is -2.41. The van der Waals surface area contributed by atoms with E-state index in [0.29, 0.717) is 6.04 Å². The van der Waals surface area contributed by atoms with Crippen LogP contribution in [-0.2, 0) is 17.9 Å². The van der Waals surface area contributed by atoms with Crippen LogP contribution in [0.15, 0.2) is 6.20 Å². The second-order valence-electron chi connectivity index (χ2n) is 6.88. The van der Waals surface area contributed by atoms with E-state index < -0.39 is 0 Å². The molecule has 0 saturated carbocycles. The minimum atomic E-state index is 0.0359. The van der Waals surface area contributed by atoms with Gasteiger partial charge < -0.3 is 15.1 Å². The molecule has 2 N–H and O–H groups in total. The third-order valence-corrected chi connectivity index (χ3v) is 4.06. The van der Waals surface area contributed by atoms with Crippen LogP contribution in [0.25, 0.3) is 0 Å². The maximum atomic E-state index is 10.9. The van der Waals surface area contributed by atoms with Crippen LogP contribution in [0.1, 0.15) is 31.9 Å². The van der Waals surface area contributed by atoms with E-state index in [1.165, 1.54) is 12.8 Å². The lowest BCUT2D eigenvalue weighted by Gasteiger charge is -2.28. The van der Waals surface area contributed by atoms with Gasteiger partial charge in [-0.3, -0.25) is 9.48 Å². The van der Waals surface area contributed by atoms with Crippen LogP contribution < -0.4 is 10.6 Å². The third kappa shape index (κ3) is 5.73. The summed E-state index contributed by atoms with van der Waals surface area (Å²) in [6, 6.07) is 0.537. The number of carbonyl (C=O) groups is 1. The predicted molar refractivity (Wildman–Crippen MR) is 85.0 cm³/mol. The normalized spacial score (nSPS) is 18.6. The highest BCUT2D eigenvalue weighted by molar-refractivity contribution is 5.72. The Morgan fingerprint density at radius 1 is 1.55 bits per heavy atom. The van der Waals surface area contributed by atoms with Crippen molar-refractivity contribution in [3.63, 3.8) is 0 Å². The predicted octanol–water partition coefficient (Wildman–Crippen LogP) is 0.133. The first-order valence-electron chi connectivity index (χ1n) is 8.13. The first-order valence-corrected chi connectivity index (χ1v) is 8.13. The zero-order valence-corrected chi connectivity index (χ0v) is 14.0. The van der Waals surface area contributed by atoms with E-state index in [4.69, 9.17) is 0 Å². The summed E-state index contributed by atoms with van der Waals surface area (Å²) < 4.78 is 2.80. The molecule has 0 radical (unpaired) electrons. The van der Waals surface area contributed by atoms with Crippen molar-refractivity contribution in [2.45, 2.75) is 45.3 Å². The van der Waals surface area contributed by atoms with Gasteiger partial charge in [0.05, 0.1) is 33.4 Å². The fraction of sp³-hybridized carbons (Fsp3) is 0.800. The molecule has 7 nitrogen and oxygen atoms in total. The van der Waals surface area contributed by atoms with Gasteiger partial charge in [-0.15, -0.1) is 5.10 Å². The van der Waals surface area contributed by atoms with Gasteiger partial charge in [0.2, 0.25) is 5.91 Å². The molecule has 0 bridgehead atoms. The number of amides is 1. The van der Waals surface area contributed by atoms with E-state index in [9.17, 15) is 4.79 Å². The Kier molecular flexibility index (Phi) is 5.90. The van der Waals surface area contributed by atoms with E-state index in [1.807, 2.05) is 4.68 Å². The largest absolute Gasteiger partial charge is 0.356 e. The summed E-state index contributed by atoms with van der Waals surface area (Å²) in [6.45, 7) is 6.16. The number of rotatable bonds is 8. The highest BCUT2D eigenvalue weighted by Crippen LogP contribution is 2.10. The Morgan fingerprint density at radius 2 is 2.36 bits per heavy atom. The van der Waals surface area contributed by atoms with Crippen molar-refractivity contribution in [2.75, 3.05) is 33.7 Å². The Hall–Kier alpha value is -1.47. The molecule has 1 aromatic rings. The van der Waals surface area contributed by atoms with Gasteiger partial charge in [-0.1, -0.05) is 5.21 Å². The Bertz CT molecular complexity index is 478. The van der Waals surface area contributed by atoms with E-state index in [2.05, 4.69) is 41.2 Å². The average Bonchev–Trinajstić information content (AvgIpc) is 3.07. The fourth-order valence-electron chi connectivity index (χ4n) is 2.93. The van der Waals surface area contributed by atoms with Crippen molar-refractivity contribution in [3.05, 3.63) is 11.9 Å². The van der Waals surface area contributed by atoms with Crippen molar-refractivity contribution < 1.29 is 9.28 Å². The molecule has 0 aromatic carbocycles. The topological polar surface area (TPSA) is 71.8 Å². The molecule has 2 heterocycles. The first-order chi connectivity index (χ1) is 10.4. The summed E-state index contributed by atoms with van der Waals surface area (Å²) in [5.74, 6) is 0.0359. The molecule has 124 valence electrons. The van der Waals surface area contributed by atoms with Crippen LogP contribution >= 0.6 is 0 Å². The van der Waals surface area contributed by atoms with Gasteiger partial charge in [0, 0.05) is 25.9 Å². The second kappa shape index (κ2) is 7.69. The molecule has 7 heteroatoms. The molecule has 1 aliphatic rings. The highest BCUT2D eigenvalue weighted by atomic mass is 16.1. The molecule has 0 spiro atoms. The number of nitrogens with one attached hydrogen (secondary N) is 2. The maximum Gasteiger partial charge on any atom is 0.216 e. The minimum absolute atomic E-state index is 0.0359. The monoisotopic (exact) mass is 309 g/mol. The van der Waals surface area contributed by atoms with Crippen molar-refractivity contribution in [1.82, 2.24) is 25.6 Å². The smallest absolute Gasteiger partial charge is 0.216 e. The van der Waals surface area contributed by atoms with E-state index in [1.54, 1.807) is 6.92 Å². The number of aromatic nitrogens is 3. The molecular formula is C15H29N6O+. The maximum absolute atomic E-state index is 10.9. The number of quaternary nitrogens is 1. The highest BCUT2D eigenvalue weighted by Gasteiger charge is 2.19. The Labute approximate surface area is 132 Å². The molecule has 1 aliphatic heterocycles. The van der Waals surface area contributed by atoms with Gasteiger partial charge in [0.15, 0.2) is 0 Å². The molecule has 1 atom stereocenters. The van der Waals surface area contributed by atoms with E-state index in [0.717, 1.165) is 49.3 Å². The van der Waals surface area contributed by atoms with Crippen molar-refractivity contribution in [3.8, 4) is 0 Å². The lowest BCUT2D eigenvalue weighted by atomic mass is 10.2. The molecule has 0 unspecified atom stereocenters. The molecule has 2 rings (SSSR count). The standard InChI is InChI=1S/C15H28N6O/c1-13(22)16-8-5-9-21(2,3)12-15-11-20(19-18-15)10-14-6-4-7-17-14/h11,14,17H,4-10,12H2,1-3H3/p+1/t14-/m0/s1. The Balaban J connectivity index is 1.76. The van der Waals surface area contributed by atoms with Crippen molar-refractivity contribution in [2.24, 2.45) is 0 Å². The van der Waals surface area contributed by atoms with Gasteiger partial charge in [-0.25, -0.2) is 0 Å². The molecule has 0 aliphatic carbocycles. The quantitative estimate of drug-likeness (QED) is 0.529. The van der Waals surface area contributed by atoms with Crippen molar-refractivity contribution >= 4 is 5.91 Å². The lowest BCUT2D eigenvalue weighted by molar-refractivity contribution is -0.904. The van der Waals surface area contributed by atoms with E-state index in [-0.39, 0.29) is 5.91 Å². The van der Waals surface area contributed by atoms with Crippen molar-refractivity contribution in [1.29, 1.82) is 0 Å². The van der Waals surface area contributed by atoms with Crippen LogP contribution in [-0.4, -0.2) is 65.2 Å². The zero-order valence-electron chi connectivity index (χ0n) is 14.0. The molecule has 1 saturated heterocycles. The number of hydrogen-bond acceptors (Lipinski definition) is 4. The SMILES string of the molecule is CC(=O)NCCC[N+](C)(C)Cc1cn(C[C@@H]2CCCN2)nn1. The summed E-state index contributed by atoms with van der Waals surface area (Å²) in [5, 5.41) is 14.9. The zero-order chi connectivity index (χ0) is 16.0. The van der Waals surface area contributed by atoms with Gasteiger partial charge in [-0.2, -0.15) is 0 Å². The van der Waals surface area contributed by atoms with Gasteiger partial charge >= 0.3 is 0 Å². The fourth-order valence-corrected chi connectivity index (χ4v) is 2.93. The molecule has 1 fully saturated rings. The summed E-state index contributed by atoms with van der Waals surface area (Å²) in [6.07, 6.45) is 5.50. The van der Waals surface area contributed by atoms with Gasteiger partial charge in [0.1, 0.15) is 12.2 Å². The summed E-state index contributed by atoms with van der Waals surface area (Å²) in [5.41, 5.74) is 1.03. The van der Waals surface area contributed by atoms with Gasteiger partial charge in [0.25, 0.3) is 0 Å². The first kappa shape index (κ1) is 16.9. The second-order valence-corrected chi connectivity index (χ2v) is 6.88. The molecular weight excluding hydrogens is 280 g/mol. The number of nitrogens with zero attached hydrogens (tertiary/aromatic N) is 4. The average molecular weight is 309 g/mol. The van der Waals surface area contributed by atoms with Gasteiger partial charge in [-0.05, 0) is 19.4 Å². The van der Waals surface area contributed by atoms with Crippen LogP contribution in [0.2, 0.25) is 0 Å². The summed E-state index contributed by atoms with van der Waals surface area (Å²) in [4.78, 5) is 10.9. The Morgan fingerprint density at radius 3 is 3.05 bits per heavy atom. The van der Waals surface area contributed by atoms with Crippen LogP contribution in [0.5, 0.6) is 0 Å². The van der Waals surface area contributed by atoms with Crippen LogP contribution in [0.3, 0.4) is 0 Å². The molecule has 22 heavy (non-hydrogen) atoms. The number of carbonyl (C=O) groups excluding carboxylic acids is 1. The molecule has 1 aromatic heterocycles. The summed E-state index contributed by atoms with van der Waals surface area (Å²) >= 11 is 0. The van der Waals surface area contributed by atoms with Crippen LogP contribution in [0.4, 0.5) is 0 Å². The van der Waals surface area contributed by atoms with E-state index >= 15 is 0 Å². The third-order valence-electron chi connectivity index (χ3n) is 4.06.